The van der Waals surface area contributed by atoms with E-state index in [1.54, 1.807) is 5.48 Å². The van der Waals surface area contributed by atoms with Gasteiger partial charge in [-0.3, -0.25) is 14.4 Å². The number of carbonyl (C=O) groups is 1. The fourth-order valence-corrected chi connectivity index (χ4v) is 3.46. The monoisotopic (exact) mass is 432 g/mol. The largest absolute Gasteiger partial charge is 0.360 e. The smallest absolute Gasteiger partial charge is 0.262 e. The topological polar surface area (TPSA) is 78.7 Å². The molecule has 0 atom stereocenters. The third-order valence-electron chi connectivity index (χ3n) is 3.24. The number of amides is 1. The van der Waals surface area contributed by atoms with Crippen LogP contribution in [0.5, 0.6) is 0 Å². The van der Waals surface area contributed by atoms with E-state index >= 15 is 0 Å². The van der Waals surface area contributed by atoms with Gasteiger partial charge in [-0.1, -0.05) is 13.8 Å². The average Bonchev–Trinajstić information content (AvgIpc) is 2.80. The second-order valence-corrected chi connectivity index (χ2v) is 7.19. The van der Waals surface area contributed by atoms with E-state index in [9.17, 15) is 4.79 Å². The lowest BCUT2D eigenvalue weighted by atomic mass is 10.1. The Balaban J connectivity index is 2.59. The van der Waals surface area contributed by atoms with Crippen molar-refractivity contribution in [2.24, 2.45) is 5.92 Å². The quantitative estimate of drug-likeness (QED) is 0.499. The summed E-state index contributed by atoms with van der Waals surface area (Å²) in [5, 5.41) is 11.7. The first-order valence-electron chi connectivity index (χ1n) is 6.87. The summed E-state index contributed by atoms with van der Waals surface area (Å²) in [5.74, 6) is 0.698. The van der Waals surface area contributed by atoms with Crippen molar-refractivity contribution in [3.63, 3.8) is 0 Å². The highest BCUT2D eigenvalue weighted by Gasteiger charge is 2.18. The number of pyridine rings is 1. The van der Waals surface area contributed by atoms with E-state index in [0.29, 0.717) is 5.92 Å². The Labute approximate surface area is 145 Å². The number of rotatable bonds is 5. The number of hydrogen-bond acceptors (Lipinski definition) is 4. The highest BCUT2D eigenvalue weighted by molar-refractivity contribution is 9.11. The summed E-state index contributed by atoms with van der Waals surface area (Å²) in [6.45, 7) is 6.18. The van der Waals surface area contributed by atoms with Crippen LogP contribution in [-0.4, -0.2) is 27.0 Å². The number of anilines is 1. The molecule has 0 aliphatic carbocycles. The molecule has 0 radical (unpaired) electrons. The third-order valence-corrected chi connectivity index (χ3v) is 4.63. The van der Waals surface area contributed by atoms with Crippen molar-refractivity contribution in [3.05, 3.63) is 26.4 Å². The van der Waals surface area contributed by atoms with E-state index in [2.05, 4.69) is 51.0 Å². The zero-order chi connectivity index (χ0) is 16.4. The molecule has 0 unspecified atom stereocenters. The predicted octanol–water partition coefficient (Wildman–Crippen LogP) is 3.28. The number of halogens is 2. The van der Waals surface area contributed by atoms with Gasteiger partial charge in [0.1, 0.15) is 5.82 Å². The first kappa shape index (κ1) is 17.2. The number of aromatic nitrogens is 2. The summed E-state index contributed by atoms with van der Waals surface area (Å²) < 4.78 is 3.78. The molecule has 0 aliphatic rings. The van der Waals surface area contributed by atoms with Crippen molar-refractivity contribution >= 4 is 49.2 Å². The molecule has 120 valence electrons. The summed E-state index contributed by atoms with van der Waals surface area (Å²) in [5.41, 5.74) is 4.29. The summed E-state index contributed by atoms with van der Waals surface area (Å²) in [6, 6.07) is 1.96. The van der Waals surface area contributed by atoms with Crippen LogP contribution in [0.15, 0.2) is 15.0 Å². The lowest BCUT2D eigenvalue weighted by molar-refractivity contribution is -0.127. The first-order valence-corrected chi connectivity index (χ1v) is 8.46. The molecule has 0 spiro atoms. The second kappa shape index (κ2) is 6.97. The molecule has 0 saturated heterocycles. The van der Waals surface area contributed by atoms with Gasteiger partial charge in [0.2, 0.25) is 0 Å². The molecule has 2 aromatic rings. The molecule has 0 saturated carbocycles. The van der Waals surface area contributed by atoms with Gasteiger partial charge in [-0.15, -0.1) is 0 Å². The van der Waals surface area contributed by atoms with Crippen LogP contribution < -0.4 is 10.8 Å². The van der Waals surface area contributed by atoms with E-state index in [1.165, 1.54) is 0 Å². The number of hydrogen-bond donors (Lipinski definition) is 3. The van der Waals surface area contributed by atoms with Gasteiger partial charge < -0.3 is 5.32 Å². The summed E-state index contributed by atoms with van der Waals surface area (Å²) >= 11 is 7.06. The Morgan fingerprint density at radius 1 is 1.41 bits per heavy atom. The van der Waals surface area contributed by atoms with Crippen molar-refractivity contribution in [2.45, 2.75) is 27.2 Å². The second-order valence-electron chi connectivity index (χ2n) is 5.48. The summed E-state index contributed by atoms with van der Waals surface area (Å²) in [4.78, 5) is 16.0. The molecular formula is C14H18Br2N4O2. The van der Waals surface area contributed by atoms with Crippen LogP contribution in [0.3, 0.4) is 0 Å². The van der Waals surface area contributed by atoms with Crippen LogP contribution in [0.1, 0.15) is 25.2 Å². The van der Waals surface area contributed by atoms with Crippen molar-refractivity contribution in [3.8, 4) is 0 Å². The number of aryl methyl sites for hydroxylation is 1. The molecule has 0 aliphatic heterocycles. The van der Waals surface area contributed by atoms with E-state index in [-0.39, 0.29) is 6.54 Å². The van der Waals surface area contributed by atoms with Crippen molar-refractivity contribution < 1.29 is 10.0 Å². The van der Waals surface area contributed by atoms with Gasteiger partial charge >= 0.3 is 0 Å². The van der Waals surface area contributed by atoms with Gasteiger partial charge in [-0.2, -0.15) is 0 Å². The van der Waals surface area contributed by atoms with Gasteiger partial charge in [0.25, 0.3) is 5.91 Å². The molecule has 2 rings (SSSR count). The van der Waals surface area contributed by atoms with Gasteiger partial charge in [0.05, 0.1) is 16.7 Å². The molecule has 1 amide bonds. The average molecular weight is 434 g/mol. The standard InChI is InChI=1S/C14H18Br2N4O2/c1-7(2)4-11-14(17-6-12(21)19-22)20-8(3)9(15)5-10(16)13(20)18-11/h5,7,17,22H,4,6H2,1-3H3,(H,19,21). The molecule has 0 aromatic carbocycles. The molecule has 0 bridgehead atoms. The van der Waals surface area contributed by atoms with Gasteiger partial charge in [0.15, 0.2) is 5.65 Å². The van der Waals surface area contributed by atoms with Crippen LogP contribution in [-0.2, 0) is 11.2 Å². The lowest BCUT2D eigenvalue weighted by Gasteiger charge is -2.12. The van der Waals surface area contributed by atoms with Crippen LogP contribution in [0.25, 0.3) is 5.65 Å². The molecule has 2 heterocycles. The Hall–Kier alpha value is -1.12. The number of nitrogens with zero attached hydrogens (tertiary/aromatic N) is 2. The van der Waals surface area contributed by atoms with E-state index in [1.807, 2.05) is 17.4 Å². The maximum Gasteiger partial charge on any atom is 0.262 e. The van der Waals surface area contributed by atoms with Crippen LogP contribution >= 0.6 is 31.9 Å². The number of fused-ring (bicyclic) bond motifs is 1. The maximum absolute atomic E-state index is 11.3. The molecule has 22 heavy (non-hydrogen) atoms. The molecule has 6 nitrogen and oxygen atoms in total. The van der Waals surface area contributed by atoms with Crippen molar-refractivity contribution in [1.82, 2.24) is 14.9 Å². The normalized spacial score (nSPS) is 11.2. The maximum atomic E-state index is 11.3. The molecule has 3 N–H and O–H groups in total. The molecule has 0 fully saturated rings. The van der Waals surface area contributed by atoms with E-state index in [4.69, 9.17) is 10.2 Å². The minimum absolute atomic E-state index is 0.0288. The van der Waals surface area contributed by atoms with Crippen LogP contribution in [0, 0.1) is 12.8 Å². The summed E-state index contributed by atoms with van der Waals surface area (Å²) in [6.07, 6.45) is 0.786. The number of hydroxylamine groups is 1. The zero-order valence-electron chi connectivity index (χ0n) is 12.6. The highest BCUT2D eigenvalue weighted by atomic mass is 79.9. The minimum atomic E-state index is -0.503. The summed E-state index contributed by atoms with van der Waals surface area (Å²) in [7, 11) is 0. The van der Waals surface area contributed by atoms with E-state index < -0.39 is 5.91 Å². The minimum Gasteiger partial charge on any atom is -0.360 e. The number of carbonyl (C=O) groups excluding carboxylic acids is 1. The lowest BCUT2D eigenvalue weighted by Crippen LogP contribution is -2.27. The fourth-order valence-electron chi connectivity index (χ4n) is 2.25. The Bertz CT molecular complexity index is 713. The predicted molar refractivity (Wildman–Crippen MR) is 92.3 cm³/mol. The van der Waals surface area contributed by atoms with Gasteiger partial charge in [0, 0.05) is 10.2 Å². The van der Waals surface area contributed by atoms with Gasteiger partial charge in [-0.05, 0) is 57.2 Å². The van der Waals surface area contributed by atoms with E-state index in [0.717, 1.165) is 38.2 Å². The molecular weight excluding hydrogens is 416 g/mol. The van der Waals surface area contributed by atoms with Crippen LogP contribution in [0.4, 0.5) is 5.82 Å². The van der Waals surface area contributed by atoms with Crippen molar-refractivity contribution in [1.29, 1.82) is 0 Å². The molecule has 8 heteroatoms. The Kier molecular flexibility index (Phi) is 5.46. The first-order chi connectivity index (χ1) is 10.3. The fraction of sp³-hybridized carbons (Fsp3) is 0.429. The van der Waals surface area contributed by atoms with Crippen molar-refractivity contribution in [2.75, 3.05) is 11.9 Å². The molecule has 2 aromatic heterocycles. The Morgan fingerprint density at radius 2 is 2.09 bits per heavy atom. The highest BCUT2D eigenvalue weighted by Crippen LogP contribution is 2.31. The van der Waals surface area contributed by atoms with Gasteiger partial charge in [-0.25, -0.2) is 10.5 Å². The van der Waals surface area contributed by atoms with Crippen LogP contribution in [0.2, 0.25) is 0 Å². The number of nitrogens with one attached hydrogen (secondary N) is 2. The Morgan fingerprint density at radius 3 is 2.68 bits per heavy atom. The number of imidazole rings is 1. The SMILES string of the molecule is Cc1c(Br)cc(Br)c2nc(CC(C)C)c(NCC(=O)NO)n12. The zero-order valence-corrected chi connectivity index (χ0v) is 15.7. The third kappa shape index (κ3) is 3.44.